The zero-order valence-corrected chi connectivity index (χ0v) is 12.1. The molecular weight excluding hydrogens is 281 g/mol. The van der Waals surface area contributed by atoms with Crippen LogP contribution in [0.3, 0.4) is 0 Å². The Hall–Kier alpha value is -2.43. The van der Waals surface area contributed by atoms with Crippen molar-refractivity contribution in [2.75, 3.05) is 11.9 Å². The first-order valence-corrected chi connectivity index (χ1v) is 7.42. The lowest BCUT2D eigenvalue weighted by Gasteiger charge is -2.35. The normalized spacial score (nSPS) is 18.0. The van der Waals surface area contributed by atoms with Gasteiger partial charge in [0.05, 0.1) is 11.9 Å². The van der Waals surface area contributed by atoms with Gasteiger partial charge in [-0.05, 0) is 36.1 Å². The van der Waals surface area contributed by atoms with Gasteiger partial charge in [0.25, 0.3) is 0 Å². The van der Waals surface area contributed by atoms with Gasteiger partial charge in [-0.2, -0.15) is 4.39 Å². The molecule has 2 heterocycles. The number of nitrogens with zero attached hydrogens (tertiary/aromatic N) is 2. The summed E-state index contributed by atoms with van der Waals surface area (Å²) in [5.74, 6) is -0.554. The van der Waals surface area contributed by atoms with Gasteiger partial charge in [0.15, 0.2) is 0 Å². The number of carbonyl (C=O) groups is 1. The molecule has 1 spiro atoms. The van der Waals surface area contributed by atoms with E-state index in [4.69, 9.17) is 0 Å². The molecule has 1 fully saturated rings. The summed E-state index contributed by atoms with van der Waals surface area (Å²) < 4.78 is 12.8. The van der Waals surface area contributed by atoms with Gasteiger partial charge in [-0.3, -0.25) is 0 Å². The zero-order chi connectivity index (χ0) is 15.2. The predicted molar refractivity (Wildman–Crippen MR) is 81.0 cm³/mol. The van der Waals surface area contributed by atoms with Crippen LogP contribution in [0, 0.1) is 5.95 Å². The molecule has 1 aromatic carbocycles. The molecule has 4 nitrogen and oxygen atoms in total. The molecule has 2 amide bonds. The molecule has 2 aromatic rings. The summed E-state index contributed by atoms with van der Waals surface area (Å²) in [6.07, 6.45) is 3.59. The molecule has 2 aliphatic rings. The Labute approximate surface area is 128 Å². The number of benzene rings is 1. The van der Waals surface area contributed by atoms with E-state index in [-0.39, 0.29) is 11.4 Å². The first-order chi connectivity index (χ1) is 10.7. The van der Waals surface area contributed by atoms with Gasteiger partial charge in [0, 0.05) is 18.5 Å². The summed E-state index contributed by atoms with van der Waals surface area (Å²) in [5.41, 5.74) is 3.27. The van der Waals surface area contributed by atoms with Crippen molar-refractivity contribution in [1.29, 1.82) is 0 Å². The van der Waals surface area contributed by atoms with Crippen molar-refractivity contribution in [1.82, 2.24) is 9.88 Å². The van der Waals surface area contributed by atoms with Crippen LogP contribution < -0.4 is 5.32 Å². The molecule has 112 valence electrons. The van der Waals surface area contributed by atoms with Crippen LogP contribution in [-0.4, -0.2) is 22.5 Å². The van der Waals surface area contributed by atoms with Gasteiger partial charge in [-0.15, -0.1) is 0 Å². The van der Waals surface area contributed by atoms with E-state index in [0.717, 1.165) is 19.4 Å². The van der Waals surface area contributed by atoms with Crippen molar-refractivity contribution in [2.45, 2.75) is 24.8 Å². The fraction of sp³-hybridized carbons (Fsp3) is 0.294. The van der Waals surface area contributed by atoms with Gasteiger partial charge in [0.1, 0.15) is 0 Å². The highest BCUT2D eigenvalue weighted by Gasteiger charge is 2.49. The Morgan fingerprint density at radius 2 is 2.05 bits per heavy atom. The minimum Gasteiger partial charge on any atom is -0.319 e. The Morgan fingerprint density at radius 3 is 2.77 bits per heavy atom. The van der Waals surface area contributed by atoms with Crippen LogP contribution in [-0.2, 0) is 12.0 Å². The minimum absolute atomic E-state index is 0.146. The highest BCUT2D eigenvalue weighted by molar-refractivity contribution is 5.89. The zero-order valence-electron chi connectivity index (χ0n) is 12.1. The molecule has 0 radical (unpaired) electrons. The maximum Gasteiger partial charge on any atom is 0.322 e. The molecule has 1 aliphatic heterocycles. The number of nitrogens with one attached hydrogen (secondary N) is 1. The van der Waals surface area contributed by atoms with E-state index in [1.165, 1.54) is 29.5 Å². The molecule has 1 aliphatic carbocycles. The molecule has 0 unspecified atom stereocenters. The number of hydrogen-bond donors (Lipinski definition) is 1. The summed E-state index contributed by atoms with van der Waals surface area (Å²) in [6, 6.07) is 11.0. The van der Waals surface area contributed by atoms with E-state index >= 15 is 0 Å². The number of pyridine rings is 1. The number of urea groups is 1. The summed E-state index contributed by atoms with van der Waals surface area (Å²) in [6.45, 7) is 1.35. The summed E-state index contributed by atoms with van der Waals surface area (Å²) in [4.78, 5) is 17.9. The number of amides is 2. The molecule has 4 rings (SSSR count). The van der Waals surface area contributed by atoms with Crippen molar-refractivity contribution in [3.63, 3.8) is 0 Å². The van der Waals surface area contributed by atoms with Gasteiger partial charge >= 0.3 is 6.03 Å². The van der Waals surface area contributed by atoms with Crippen LogP contribution in [0.5, 0.6) is 0 Å². The highest BCUT2D eigenvalue weighted by atomic mass is 19.1. The van der Waals surface area contributed by atoms with E-state index in [1.807, 2.05) is 11.0 Å². The number of anilines is 1. The Bertz CT molecular complexity index is 725. The molecule has 1 saturated carbocycles. The lowest BCUT2D eigenvalue weighted by Crippen LogP contribution is -2.43. The molecule has 1 N–H and O–H groups in total. The molecule has 0 bridgehead atoms. The van der Waals surface area contributed by atoms with Crippen LogP contribution in [0.2, 0.25) is 0 Å². The number of rotatable bonds is 1. The number of hydrogen-bond acceptors (Lipinski definition) is 2. The molecular formula is C17H16FN3O. The van der Waals surface area contributed by atoms with Crippen molar-refractivity contribution in [3.8, 4) is 0 Å². The fourth-order valence-corrected chi connectivity index (χ4v) is 3.26. The average molecular weight is 297 g/mol. The number of aromatic nitrogens is 1. The van der Waals surface area contributed by atoms with E-state index in [1.54, 1.807) is 0 Å². The third kappa shape index (κ3) is 2.22. The van der Waals surface area contributed by atoms with E-state index in [9.17, 15) is 9.18 Å². The van der Waals surface area contributed by atoms with Crippen molar-refractivity contribution in [2.24, 2.45) is 0 Å². The van der Waals surface area contributed by atoms with Gasteiger partial charge in [-0.25, -0.2) is 9.78 Å². The van der Waals surface area contributed by atoms with Gasteiger partial charge < -0.3 is 10.2 Å². The maximum absolute atomic E-state index is 12.8. The van der Waals surface area contributed by atoms with Crippen LogP contribution in [0.25, 0.3) is 0 Å². The quantitative estimate of drug-likeness (QED) is 0.821. The van der Waals surface area contributed by atoms with Gasteiger partial charge in [0.2, 0.25) is 5.95 Å². The van der Waals surface area contributed by atoms with Crippen molar-refractivity contribution in [3.05, 3.63) is 59.7 Å². The predicted octanol–water partition coefficient (Wildman–Crippen LogP) is 3.30. The lowest BCUT2D eigenvalue weighted by atomic mass is 9.87. The Kier molecular flexibility index (Phi) is 2.89. The van der Waals surface area contributed by atoms with Crippen LogP contribution in [0.4, 0.5) is 14.9 Å². The topological polar surface area (TPSA) is 45.2 Å². The maximum atomic E-state index is 12.8. The second-order valence-electron chi connectivity index (χ2n) is 6.09. The van der Waals surface area contributed by atoms with E-state index in [0.29, 0.717) is 12.2 Å². The fourth-order valence-electron chi connectivity index (χ4n) is 3.26. The molecule has 22 heavy (non-hydrogen) atoms. The third-order valence-electron chi connectivity index (χ3n) is 4.56. The van der Waals surface area contributed by atoms with Crippen LogP contribution in [0.1, 0.15) is 24.0 Å². The molecule has 0 saturated heterocycles. The highest BCUT2D eigenvalue weighted by Crippen LogP contribution is 2.52. The second-order valence-corrected chi connectivity index (χ2v) is 6.09. The molecule has 5 heteroatoms. The smallest absolute Gasteiger partial charge is 0.319 e. The van der Waals surface area contributed by atoms with Gasteiger partial charge in [-0.1, -0.05) is 24.3 Å². The first-order valence-electron chi connectivity index (χ1n) is 7.42. The van der Waals surface area contributed by atoms with E-state index in [2.05, 4.69) is 28.5 Å². The van der Waals surface area contributed by atoms with Crippen molar-refractivity contribution >= 4 is 11.7 Å². The standard InChI is InChI=1S/C17H16FN3O/c18-15-6-5-13(9-19-15)20-16(22)21-10-12-3-1-2-4-14(12)17(11-21)7-8-17/h1-6,9H,7-8,10-11H2,(H,20,22). The monoisotopic (exact) mass is 297 g/mol. The summed E-state index contributed by atoms with van der Waals surface area (Å²) in [7, 11) is 0. The number of halogens is 1. The number of fused-ring (bicyclic) bond motifs is 2. The Balaban J connectivity index is 1.54. The average Bonchev–Trinajstić information content (AvgIpc) is 3.29. The SMILES string of the molecule is O=C(Nc1ccc(F)nc1)N1Cc2ccccc2C2(CC2)C1. The van der Waals surface area contributed by atoms with E-state index < -0.39 is 5.95 Å². The molecule has 0 atom stereocenters. The molecule has 1 aromatic heterocycles. The number of carbonyl (C=O) groups excluding carboxylic acids is 1. The third-order valence-corrected chi connectivity index (χ3v) is 4.56. The largest absolute Gasteiger partial charge is 0.322 e. The van der Waals surface area contributed by atoms with Crippen LogP contribution >= 0.6 is 0 Å². The minimum atomic E-state index is -0.554. The first kappa shape index (κ1) is 13.2. The Morgan fingerprint density at radius 1 is 1.23 bits per heavy atom. The second kappa shape index (κ2) is 4.80. The summed E-state index contributed by atoms with van der Waals surface area (Å²) in [5, 5.41) is 2.79. The summed E-state index contributed by atoms with van der Waals surface area (Å²) >= 11 is 0. The van der Waals surface area contributed by atoms with Crippen LogP contribution in [0.15, 0.2) is 42.6 Å². The van der Waals surface area contributed by atoms with Crippen molar-refractivity contribution < 1.29 is 9.18 Å². The lowest BCUT2D eigenvalue weighted by molar-refractivity contribution is 0.197.